The Hall–Kier alpha value is -4.09. The Morgan fingerprint density at radius 1 is 0.892 bits per heavy atom. The number of nitrogens with two attached hydrogens (primary N) is 1. The van der Waals surface area contributed by atoms with Crippen LogP contribution < -0.4 is 15.8 Å². The van der Waals surface area contributed by atoms with Crippen LogP contribution in [0.1, 0.15) is 34.2 Å². The molecule has 5 rings (SSSR count). The van der Waals surface area contributed by atoms with Gasteiger partial charge in [0.15, 0.2) is 0 Å². The summed E-state index contributed by atoms with van der Waals surface area (Å²) in [4.78, 5) is 13.4. The van der Waals surface area contributed by atoms with Crippen LogP contribution in [0, 0.1) is 0 Å². The predicted octanol–water partition coefficient (Wildman–Crippen LogP) is 5.26. The molecule has 0 saturated carbocycles. The van der Waals surface area contributed by atoms with Crippen LogP contribution in [0.25, 0.3) is 0 Å². The lowest BCUT2D eigenvalue weighted by Gasteiger charge is -2.39. The molecule has 0 spiro atoms. The van der Waals surface area contributed by atoms with Crippen molar-refractivity contribution in [2.45, 2.75) is 30.8 Å². The molecule has 188 valence electrons. The summed E-state index contributed by atoms with van der Waals surface area (Å²) >= 11 is 0. The maximum absolute atomic E-state index is 13.4. The normalized spacial score (nSPS) is 13.8. The number of nitrogen functional groups attached to an aromatic ring is 1. The van der Waals surface area contributed by atoms with Crippen molar-refractivity contribution in [2.24, 2.45) is 0 Å². The van der Waals surface area contributed by atoms with Gasteiger partial charge in [-0.2, -0.15) is 0 Å². The molecule has 0 saturated heterocycles. The standard InChI is InChI=1S/C32H32N2O3/c1-36-31(35)29(22-23-19-20-28(33)30-27(23)18-11-21-37-30)34-32(24-12-5-2-6-13-24,25-14-7-3-8-15-25)26-16-9-4-10-17-26/h2-10,12-17,19-20,29,34H,11,18,21-22,33H2,1H3/t29-/m0/s1. The van der Waals surface area contributed by atoms with Gasteiger partial charge in [-0.05, 0) is 53.1 Å². The van der Waals surface area contributed by atoms with Crippen molar-refractivity contribution in [3.05, 3.63) is 131 Å². The first kappa shape index (κ1) is 24.6. The Labute approximate surface area is 218 Å². The zero-order chi connectivity index (χ0) is 25.7. The number of carbonyl (C=O) groups excluding carboxylic acids is 1. The average Bonchev–Trinajstić information content (AvgIpc) is 2.97. The van der Waals surface area contributed by atoms with Crippen LogP contribution in [0.3, 0.4) is 0 Å². The number of methoxy groups -OCH3 is 1. The number of rotatable bonds is 8. The van der Waals surface area contributed by atoms with Gasteiger partial charge in [-0.1, -0.05) is 97.1 Å². The Bertz CT molecular complexity index is 1240. The van der Waals surface area contributed by atoms with Crippen molar-refractivity contribution >= 4 is 11.7 Å². The molecule has 37 heavy (non-hydrogen) atoms. The molecule has 5 nitrogen and oxygen atoms in total. The summed E-state index contributed by atoms with van der Waals surface area (Å²) in [5.74, 6) is 0.419. The molecule has 4 aromatic carbocycles. The maximum Gasteiger partial charge on any atom is 0.323 e. The third-order valence-electron chi connectivity index (χ3n) is 7.13. The van der Waals surface area contributed by atoms with E-state index in [-0.39, 0.29) is 5.97 Å². The molecule has 0 unspecified atom stereocenters. The number of nitrogens with one attached hydrogen (secondary N) is 1. The Morgan fingerprint density at radius 3 is 1.95 bits per heavy atom. The molecule has 0 amide bonds. The smallest absolute Gasteiger partial charge is 0.323 e. The van der Waals surface area contributed by atoms with E-state index in [1.807, 2.05) is 66.7 Å². The molecule has 3 N–H and O–H groups in total. The average molecular weight is 493 g/mol. The van der Waals surface area contributed by atoms with Gasteiger partial charge in [-0.3, -0.25) is 10.1 Å². The third kappa shape index (κ3) is 4.83. The van der Waals surface area contributed by atoms with Gasteiger partial charge in [0.05, 0.1) is 24.9 Å². The van der Waals surface area contributed by atoms with Crippen molar-refractivity contribution in [1.29, 1.82) is 0 Å². The van der Waals surface area contributed by atoms with Gasteiger partial charge >= 0.3 is 5.97 Å². The van der Waals surface area contributed by atoms with Crippen molar-refractivity contribution in [3.63, 3.8) is 0 Å². The molecular formula is C32H32N2O3. The first-order valence-corrected chi connectivity index (χ1v) is 12.7. The van der Waals surface area contributed by atoms with Crippen LogP contribution in [0.5, 0.6) is 5.75 Å². The molecule has 0 bridgehead atoms. The lowest BCUT2D eigenvalue weighted by Crippen LogP contribution is -2.53. The molecule has 1 aliphatic heterocycles. The third-order valence-corrected chi connectivity index (χ3v) is 7.13. The van der Waals surface area contributed by atoms with Gasteiger partial charge in [-0.25, -0.2) is 0 Å². The molecule has 0 aliphatic carbocycles. The lowest BCUT2D eigenvalue weighted by molar-refractivity contribution is -0.143. The highest BCUT2D eigenvalue weighted by molar-refractivity contribution is 5.77. The fraction of sp³-hybridized carbons (Fsp3) is 0.219. The number of hydrogen-bond donors (Lipinski definition) is 2. The zero-order valence-electron chi connectivity index (χ0n) is 21.0. The van der Waals surface area contributed by atoms with Crippen LogP contribution in [0.4, 0.5) is 5.69 Å². The van der Waals surface area contributed by atoms with E-state index in [2.05, 4.69) is 41.7 Å². The predicted molar refractivity (Wildman–Crippen MR) is 147 cm³/mol. The SMILES string of the molecule is COC(=O)[C@H](Cc1ccc(N)c2c1CCCO2)NC(c1ccccc1)(c1ccccc1)c1ccccc1. The molecule has 0 radical (unpaired) electrons. The van der Waals surface area contributed by atoms with E-state index in [9.17, 15) is 4.79 Å². The fourth-order valence-corrected chi connectivity index (χ4v) is 5.38. The van der Waals surface area contributed by atoms with Gasteiger partial charge in [0.2, 0.25) is 0 Å². The molecule has 0 fully saturated rings. The van der Waals surface area contributed by atoms with Gasteiger partial charge in [-0.15, -0.1) is 0 Å². The van der Waals surface area contributed by atoms with Crippen LogP contribution in [-0.4, -0.2) is 25.7 Å². The molecule has 5 heteroatoms. The highest BCUT2D eigenvalue weighted by Gasteiger charge is 2.40. The molecular weight excluding hydrogens is 460 g/mol. The Kier molecular flexibility index (Phi) is 7.24. The molecule has 1 heterocycles. The minimum Gasteiger partial charge on any atom is -0.491 e. The van der Waals surface area contributed by atoms with Crippen LogP contribution in [0.15, 0.2) is 103 Å². The van der Waals surface area contributed by atoms with E-state index in [4.69, 9.17) is 15.2 Å². The summed E-state index contributed by atoms with van der Waals surface area (Å²) in [6.07, 6.45) is 2.22. The topological polar surface area (TPSA) is 73.6 Å². The van der Waals surface area contributed by atoms with Gasteiger partial charge < -0.3 is 15.2 Å². The number of anilines is 1. The maximum atomic E-state index is 13.4. The van der Waals surface area contributed by atoms with E-state index >= 15 is 0 Å². The van der Waals surface area contributed by atoms with Crippen LogP contribution in [0.2, 0.25) is 0 Å². The minimum absolute atomic E-state index is 0.325. The Balaban J connectivity index is 1.66. The summed E-state index contributed by atoms with van der Waals surface area (Å²) in [7, 11) is 1.44. The highest BCUT2D eigenvalue weighted by atomic mass is 16.5. The first-order chi connectivity index (χ1) is 18.1. The van der Waals surface area contributed by atoms with E-state index in [1.165, 1.54) is 7.11 Å². The van der Waals surface area contributed by atoms with Crippen molar-refractivity contribution in [2.75, 3.05) is 19.5 Å². The monoisotopic (exact) mass is 492 g/mol. The second kappa shape index (κ2) is 10.9. The van der Waals surface area contributed by atoms with E-state index < -0.39 is 11.6 Å². The number of carbonyl (C=O) groups is 1. The number of fused-ring (bicyclic) bond motifs is 1. The fourth-order valence-electron chi connectivity index (χ4n) is 5.38. The second-order valence-electron chi connectivity index (χ2n) is 9.35. The van der Waals surface area contributed by atoms with E-state index in [0.29, 0.717) is 18.7 Å². The van der Waals surface area contributed by atoms with E-state index in [0.717, 1.165) is 46.4 Å². The van der Waals surface area contributed by atoms with Crippen molar-refractivity contribution in [1.82, 2.24) is 5.32 Å². The zero-order valence-corrected chi connectivity index (χ0v) is 21.0. The van der Waals surface area contributed by atoms with Crippen molar-refractivity contribution < 1.29 is 14.3 Å². The lowest BCUT2D eigenvalue weighted by atomic mass is 9.76. The molecule has 0 aromatic heterocycles. The number of esters is 1. The molecule has 4 aromatic rings. The quantitative estimate of drug-likeness (QED) is 0.199. The summed E-state index contributed by atoms with van der Waals surface area (Å²) in [5, 5.41) is 3.79. The number of benzene rings is 4. The Morgan fingerprint density at radius 2 is 1.43 bits per heavy atom. The molecule has 1 atom stereocenters. The van der Waals surface area contributed by atoms with Crippen LogP contribution in [-0.2, 0) is 27.9 Å². The van der Waals surface area contributed by atoms with Crippen LogP contribution >= 0.6 is 0 Å². The molecule has 1 aliphatic rings. The largest absolute Gasteiger partial charge is 0.491 e. The van der Waals surface area contributed by atoms with Crippen molar-refractivity contribution in [3.8, 4) is 5.75 Å². The van der Waals surface area contributed by atoms with E-state index in [1.54, 1.807) is 0 Å². The summed E-state index contributed by atoms with van der Waals surface area (Å²) in [6.45, 7) is 0.651. The number of hydrogen-bond acceptors (Lipinski definition) is 5. The highest BCUT2D eigenvalue weighted by Crippen LogP contribution is 2.39. The minimum atomic E-state index is -0.799. The first-order valence-electron chi connectivity index (χ1n) is 12.7. The van der Waals surface area contributed by atoms with Gasteiger partial charge in [0, 0.05) is 0 Å². The number of ether oxygens (including phenoxy) is 2. The van der Waals surface area contributed by atoms with Gasteiger partial charge in [0.25, 0.3) is 0 Å². The van der Waals surface area contributed by atoms with Gasteiger partial charge in [0.1, 0.15) is 11.8 Å². The summed E-state index contributed by atoms with van der Waals surface area (Å²) in [5.41, 5.74) is 11.3. The summed E-state index contributed by atoms with van der Waals surface area (Å²) in [6, 6.07) is 34.0. The summed E-state index contributed by atoms with van der Waals surface area (Å²) < 4.78 is 11.3. The second-order valence-corrected chi connectivity index (χ2v) is 9.35.